The first-order valence-electron chi connectivity index (χ1n) is 8.88. The zero-order valence-corrected chi connectivity index (χ0v) is 14.4. The summed E-state index contributed by atoms with van der Waals surface area (Å²) in [5, 5.41) is 0. The van der Waals surface area contributed by atoms with E-state index in [9.17, 15) is 4.79 Å². The van der Waals surface area contributed by atoms with E-state index in [0.29, 0.717) is 5.92 Å². The van der Waals surface area contributed by atoms with Gasteiger partial charge in [0.1, 0.15) is 5.75 Å². The van der Waals surface area contributed by atoms with Crippen molar-refractivity contribution < 1.29 is 9.53 Å². The molecular formula is C19H28N2O2. The molecule has 1 fully saturated rings. The lowest BCUT2D eigenvalue weighted by Crippen LogP contribution is -2.48. The first-order chi connectivity index (χ1) is 11.0. The van der Waals surface area contributed by atoms with Crippen LogP contribution in [-0.2, 0) is 4.79 Å². The maximum atomic E-state index is 12.5. The number of rotatable bonds is 3. The number of hydrogen-bond acceptors (Lipinski definition) is 3. The summed E-state index contributed by atoms with van der Waals surface area (Å²) in [7, 11) is 0. The van der Waals surface area contributed by atoms with Crippen LogP contribution in [-0.4, -0.2) is 18.1 Å². The van der Waals surface area contributed by atoms with E-state index in [1.165, 1.54) is 32.1 Å². The molecule has 2 N–H and O–H groups in total. The third-order valence-electron chi connectivity index (χ3n) is 5.19. The predicted octanol–water partition coefficient (Wildman–Crippen LogP) is 3.79. The normalized spacial score (nSPS) is 23.6. The fourth-order valence-corrected chi connectivity index (χ4v) is 3.88. The molecular weight excluding hydrogens is 288 g/mol. The van der Waals surface area contributed by atoms with Gasteiger partial charge < -0.3 is 15.4 Å². The lowest BCUT2D eigenvalue weighted by Gasteiger charge is -2.36. The zero-order valence-electron chi connectivity index (χ0n) is 14.4. The summed E-state index contributed by atoms with van der Waals surface area (Å²) in [5.74, 6) is 1.36. The van der Waals surface area contributed by atoms with E-state index in [-0.39, 0.29) is 18.0 Å². The largest absolute Gasteiger partial charge is 0.479 e. The molecule has 4 heteroatoms. The molecule has 1 aliphatic carbocycles. The molecule has 2 aliphatic rings. The maximum absolute atomic E-state index is 12.5. The molecule has 1 saturated carbocycles. The van der Waals surface area contributed by atoms with Crippen molar-refractivity contribution in [2.24, 2.45) is 11.7 Å². The van der Waals surface area contributed by atoms with Crippen LogP contribution in [0.15, 0.2) is 18.2 Å². The second-order valence-corrected chi connectivity index (χ2v) is 7.21. The monoisotopic (exact) mass is 316 g/mol. The fraction of sp³-hybridized carbons (Fsp3) is 0.632. The van der Waals surface area contributed by atoms with Gasteiger partial charge in [-0.1, -0.05) is 25.3 Å². The standard InChI is InChI=1S/C19H28N2O2/c1-12(2)21-16-11-15(18(20)14-7-5-4-6-8-14)9-10-17(16)23-13(3)19(21)22/h9-14,18H,4-8,20H2,1-3H3. The molecule has 0 radical (unpaired) electrons. The van der Waals surface area contributed by atoms with Crippen molar-refractivity contribution >= 4 is 11.6 Å². The third kappa shape index (κ3) is 3.09. The molecule has 4 nitrogen and oxygen atoms in total. The molecule has 1 amide bonds. The highest BCUT2D eigenvalue weighted by Gasteiger charge is 2.34. The minimum absolute atomic E-state index is 0.0240. The number of nitrogens with two attached hydrogens (primary N) is 1. The Morgan fingerprint density at radius 2 is 1.91 bits per heavy atom. The minimum Gasteiger partial charge on any atom is -0.479 e. The molecule has 126 valence electrons. The Kier molecular flexibility index (Phi) is 4.62. The number of benzene rings is 1. The van der Waals surface area contributed by atoms with Gasteiger partial charge >= 0.3 is 0 Å². The van der Waals surface area contributed by atoms with Gasteiger partial charge in [-0.05, 0) is 57.2 Å². The predicted molar refractivity (Wildman–Crippen MR) is 92.7 cm³/mol. The second-order valence-electron chi connectivity index (χ2n) is 7.21. The Bertz CT molecular complexity index is 579. The number of ether oxygens (including phenoxy) is 1. The molecule has 1 heterocycles. The average Bonchev–Trinajstić information content (AvgIpc) is 2.55. The van der Waals surface area contributed by atoms with Crippen LogP contribution in [0.3, 0.4) is 0 Å². The number of nitrogens with zero attached hydrogens (tertiary/aromatic N) is 1. The van der Waals surface area contributed by atoms with Crippen LogP contribution >= 0.6 is 0 Å². The Labute approximate surface area is 139 Å². The first-order valence-corrected chi connectivity index (χ1v) is 8.88. The van der Waals surface area contributed by atoms with Crippen molar-refractivity contribution in [1.29, 1.82) is 0 Å². The van der Waals surface area contributed by atoms with Crippen molar-refractivity contribution in [3.05, 3.63) is 23.8 Å². The topological polar surface area (TPSA) is 55.6 Å². The average molecular weight is 316 g/mol. The van der Waals surface area contributed by atoms with E-state index in [2.05, 4.69) is 12.1 Å². The van der Waals surface area contributed by atoms with Crippen molar-refractivity contribution in [1.82, 2.24) is 0 Å². The number of anilines is 1. The highest BCUT2D eigenvalue weighted by molar-refractivity contribution is 6.00. The summed E-state index contributed by atoms with van der Waals surface area (Å²) in [6.07, 6.45) is 5.87. The summed E-state index contributed by atoms with van der Waals surface area (Å²) < 4.78 is 5.77. The van der Waals surface area contributed by atoms with Gasteiger partial charge in [0.2, 0.25) is 0 Å². The molecule has 0 spiro atoms. The van der Waals surface area contributed by atoms with E-state index < -0.39 is 6.10 Å². The molecule has 1 aromatic rings. The number of amides is 1. The SMILES string of the molecule is CC1Oc2ccc(C(N)C3CCCCC3)cc2N(C(C)C)C1=O. The van der Waals surface area contributed by atoms with Gasteiger partial charge in [0, 0.05) is 12.1 Å². The highest BCUT2D eigenvalue weighted by atomic mass is 16.5. The lowest BCUT2D eigenvalue weighted by molar-refractivity contribution is -0.125. The Morgan fingerprint density at radius 3 is 2.57 bits per heavy atom. The number of fused-ring (bicyclic) bond motifs is 1. The quantitative estimate of drug-likeness (QED) is 0.923. The van der Waals surface area contributed by atoms with Gasteiger partial charge in [-0.25, -0.2) is 0 Å². The highest BCUT2D eigenvalue weighted by Crippen LogP contribution is 2.40. The molecule has 0 saturated heterocycles. The van der Waals surface area contributed by atoms with Crippen LogP contribution in [0.25, 0.3) is 0 Å². The molecule has 2 unspecified atom stereocenters. The van der Waals surface area contributed by atoms with Crippen LogP contribution in [0.1, 0.15) is 64.5 Å². The Morgan fingerprint density at radius 1 is 1.22 bits per heavy atom. The van der Waals surface area contributed by atoms with Gasteiger partial charge in [-0.2, -0.15) is 0 Å². The smallest absolute Gasteiger partial charge is 0.268 e. The zero-order chi connectivity index (χ0) is 16.6. The molecule has 0 aromatic heterocycles. The van der Waals surface area contributed by atoms with Crippen LogP contribution < -0.4 is 15.4 Å². The lowest BCUT2D eigenvalue weighted by atomic mass is 9.81. The Hall–Kier alpha value is -1.55. The fourth-order valence-electron chi connectivity index (χ4n) is 3.88. The first kappa shape index (κ1) is 16.3. The second kappa shape index (κ2) is 6.52. The van der Waals surface area contributed by atoms with Crippen LogP contribution in [0.4, 0.5) is 5.69 Å². The summed E-state index contributed by atoms with van der Waals surface area (Å²) in [6, 6.07) is 6.27. The van der Waals surface area contributed by atoms with Gasteiger partial charge in [0.15, 0.2) is 6.10 Å². The summed E-state index contributed by atoms with van der Waals surface area (Å²) in [6.45, 7) is 5.88. The van der Waals surface area contributed by atoms with Gasteiger partial charge in [-0.15, -0.1) is 0 Å². The van der Waals surface area contributed by atoms with E-state index in [1.54, 1.807) is 0 Å². The number of hydrogen-bond donors (Lipinski definition) is 1. The molecule has 23 heavy (non-hydrogen) atoms. The summed E-state index contributed by atoms with van der Waals surface area (Å²) in [4.78, 5) is 14.3. The number of carbonyl (C=O) groups is 1. The van der Waals surface area contributed by atoms with Gasteiger partial charge in [0.05, 0.1) is 5.69 Å². The molecule has 0 bridgehead atoms. The third-order valence-corrected chi connectivity index (χ3v) is 5.19. The van der Waals surface area contributed by atoms with E-state index in [1.807, 2.05) is 31.7 Å². The van der Waals surface area contributed by atoms with Crippen molar-refractivity contribution in [2.75, 3.05) is 4.90 Å². The van der Waals surface area contributed by atoms with Gasteiger partial charge in [-0.3, -0.25) is 4.79 Å². The Balaban J connectivity index is 1.92. The minimum atomic E-state index is -0.428. The molecule has 1 aromatic carbocycles. The molecule has 3 rings (SSSR count). The molecule has 1 aliphatic heterocycles. The van der Waals surface area contributed by atoms with Crippen LogP contribution in [0.5, 0.6) is 5.75 Å². The van der Waals surface area contributed by atoms with Crippen LogP contribution in [0.2, 0.25) is 0 Å². The van der Waals surface area contributed by atoms with Crippen molar-refractivity contribution in [2.45, 2.75) is 71.1 Å². The maximum Gasteiger partial charge on any atom is 0.268 e. The summed E-state index contributed by atoms with van der Waals surface area (Å²) in [5.41, 5.74) is 8.53. The van der Waals surface area contributed by atoms with E-state index >= 15 is 0 Å². The van der Waals surface area contributed by atoms with E-state index in [0.717, 1.165) is 17.0 Å². The molecule has 2 atom stereocenters. The van der Waals surface area contributed by atoms with Gasteiger partial charge in [0.25, 0.3) is 5.91 Å². The van der Waals surface area contributed by atoms with E-state index in [4.69, 9.17) is 10.5 Å². The number of carbonyl (C=O) groups excluding carboxylic acids is 1. The van der Waals surface area contributed by atoms with Crippen LogP contribution in [0, 0.1) is 5.92 Å². The van der Waals surface area contributed by atoms with Crippen molar-refractivity contribution in [3.63, 3.8) is 0 Å². The van der Waals surface area contributed by atoms with Crippen molar-refractivity contribution in [3.8, 4) is 5.75 Å². The summed E-state index contributed by atoms with van der Waals surface area (Å²) >= 11 is 0.